The second kappa shape index (κ2) is 7.97. The number of nitrogens with one attached hydrogen (secondary N) is 2. The number of nitriles is 1. The van der Waals surface area contributed by atoms with Gasteiger partial charge >= 0.3 is 0 Å². The highest BCUT2D eigenvalue weighted by Crippen LogP contribution is 2.23. The van der Waals surface area contributed by atoms with Gasteiger partial charge in [0, 0.05) is 5.56 Å². The summed E-state index contributed by atoms with van der Waals surface area (Å²) in [7, 11) is 1.60. The zero-order valence-electron chi connectivity index (χ0n) is 14.9. The molecule has 0 unspecified atom stereocenters. The van der Waals surface area contributed by atoms with Crippen molar-refractivity contribution in [2.45, 2.75) is 6.92 Å². The zero-order valence-corrected chi connectivity index (χ0v) is 14.9. The van der Waals surface area contributed by atoms with Gasteiger partial charge in [0.05, 0.1) is 19.0 Å². The van der Waals surface area contributed by atoms with Crippen molar-refractivity contribution < 1.29 is 4.74 Å². The van der Waals surface area contributed by atoms with Gasteiger partial charge in [-0.15, -0.1) is 0 Å². The fourth-order valence-electron chi connectivity index (χ4n) is 2.52. The topological polar surface area (TPSA) is 103 Å². The molecule has 0 atom stereocenters. The van der Waals surface area contributed by atoms with Crippen LogP contribution in [0.2, 0.25) is 0 Å². The van der Waals surface area contributed by atoms with Crippen LogP contribution in [-0.2, 0) is 0 Å². The smallest absolute Gasteiger partial charge is 0.270 e. The monoisotopic (exact) mass is 359 g/mol. The average molecular weight is 359 g/mol. The van der Waals surface area contributed by atoms with E-state index in [1.807, 2.05) is 61.5 Å². The fourth-order valence-corrected chi connectivity index (χ4v) is 2.52. The Kier molecular flexibility index (Phi) is 5.28. The minimum absolute atomic E-state index is 0.0333. The van der Waals surface area contributed by atoms with Crippen molar-refractivity contribution in [3.05, 3.63) is 75.6 Å². The highest BCUT2D eigenvalue weighted by atomic mass is 16.5. The summed E-state index contributed by atoms with van der Waals surface area (Å²) >= 11 is 0. The minimum atomic E-state index is -0.520. The molecule has 0 amide bonds. The molecule has 0 saturated carbocycles. The van der Waals surface area contributed by atoms with Crippen molar-refractivity contribution in [3.63, 3.8) is 0 Å². The van der Waals surface area contributed by atoms with E-state index in [-0.39, 0.29) is 11.5 Å². The maximum absolute atomic E-state index is 12.3. The third-order valence-corrected chi connectivity index (χ3v) is 3.93. The van der Waals surface area contributed by atoms with Gasteiger partial charge in [-0.1, -0.05) is 24.3 Å². The Morgan fingerprint density at radius 3 is 2.63 bits per heavy atom. The van der Waals surface area contributed by atoms with Crippen molar-refractivity contribution in [2.75, 3.05) is 12.5 Å². The molecule has 27 heavy (non-hydrogen) atoms. The molecule has 0 aliphatic rings. The van der Waals surface area contributed by atoms with E-state index in [2.05, 4.69) is 20.5 Å². The van der Waals surface area contributed by atoms with E-state index in [1.54, 1.807) is 13.3 Å². The Morgan fingerprint density at radius 1 is 1.22 bits per heavy atom. The van der Waals surface area contributed by atoms with E-state index in [0.717, 1.165) is 22.4 Å². The first-order valence-corrected chi connectivity index (χ1v) is 8.16. The maximum Gasteiger partial charge on any atom is 0.270 e. The second-order valence-electron chi connectivity index (χ2n) is 5.71. The number of hydrogen-bond donors (Lipinski definition) is 2. The standard InChI is InChI=1S/C20H17N5O2/c1-13-5-3-4-6-16(13)18-17(11-21)19(26)24-20(23-18)25-22-12-14-7-9-15(27-2)10-8-14/h3-10,12H,1-2H3,(H2,23,24,25,26)/b22-12+. The molecule has 0 spiro atoms. The first-order chi connectivity index (χ1) is 13.1. The number of aryl methyl sites for hydroxylation is 1. The zero-order chi connectivity index (χ0) is 19.2. The molecule has 0 saturated heterocycles. The van der Waals surface area contributed by atoms with Crippen LogP contribution in [0.1, 0.15) is 16.7 Å². The normalized spacial score (nSPS) is 10.6. The average Bonchev–Trinajstić information content (AvgIpc) is 2.68. The van der Waals surface area contributed by atoms with E-state index >= 15 is 0 Å². The molecule has 2 N–H and O–H groups in total. The maximum atomic E-state index is 12.3. The SMILES string of the molecule is COc1ccc(/C=N/Nc2nc(-c3ccccc3C)c(C#N)c(=O)[nH]2)cc1. The number of hydrazone groups is 1. The van der Waals surface area contributed by atoms with Gasteiger partial charge in [-0.25, -0.2) is 10.4 Å². The number of methoxy groups -OCH3 is 1. The van der Waals surface area contributed by atoms with E-state index in [4.69, 9.17) is 4.74 Å². The lowest BCUT2D eigenvalue weighted by Crippen LogP contribution is -2.16. The fraction of sp³-hybridized carbons (Fsp3) is 0.100. The lowest BCUT2D eigenvalue weighted by Gasteiger charge is -2.08. The van der Waals surface area contributed by atoms with E-state index < -0.39 is 5.56 Å². The van der Waals surface area contributed by atoms with Crippen molar-refractivity contribution in [1.82, 2.24) is 9.97 Å². The van der Waals surface area contributed by atoms with Gasteiger partial charge in [0.25, 0.3) is 5.56 Å². The summed E-state index contributed by atoms with van der Waals surface area (Å²) in [4.78, 5) is 19.2. The third kappa shape index (κ3) is 4.02. The molecule has 3 rings (SSSR count). The molecular formula is C20H17N5O2. The number of nitrogens with zero attached hydrogens (tertiary/aromatic N) is 3. The molecule has 134 valence electrons. The molecule has 7 heteroatoms. The van der Waals surface area contributed by atoms with Gasteiger partial charge in [-0.2, -0.15) is 10.4 Å². The number of aromatic nitrogens is 2. The highest BCUT2D eigenvalue weighted by Gasteiger charge is 2.14. The van der Waals surface area contributed by atoms with Crippen LogP contribution in [0.3, 0.4) is 0 Å². The van der Waals surface area contributed by atoms with E-state index in [0.29, 0.717) is 5.69 Å². The summed E-state index contributed by atoms with van der Waals surface area (Å²) < 4.78 is 5.11. The summed E-state index contributed by atoms with van der Waals surface area (Å²) in [5.74, 6) is 0.906. The Labute approximate surface area is 156 Å². The van der Waals surface area contributed by atoms with Gasteiger partial charge in [-0.3, -0.25) is 9.78 Å². The molecule has 0 fully saturated rings. The van der Waals surface area contributed by atoms with Crippen molar-refractivity contribution >= 4 is 12.2 Å². The third-order valence-electron chi connectivity index (χ3n) is 3.93. The molecule has 0 aliphatic carbocycles. The summed E-state index contributed by atoms with van der Waals surface area (Å²) in [6.45, 7) is 1.90. The highest BCUT2D eigenvalue weighted by molar-refractivity contribution is 5.80. The van der Waals surface area contributed by atoms with Crippen molar-refractivity contribution in [2.24, 2.45) is 5.10 Å². The lowest BCUT2D eigenvalue weighted by atomic mass is 10.0. The molecule has 7 nitrogen and oxygen atoms in total. The number of ether oxygens (including phenoxy) is 1. The molecule has 0 radical (unpaired) electrons. The Balaban J connectivity index is 1.90. The number of rotatable bonds is 5. The first kappa shape index (κ1) is 17.9. The van der Waals surface area contributed by atoms with E-state index in [1.165, 1.54) is 0 Å². The first-order valence-electron chi connectivity index (χ1n) is 8.16. The van der Waals surface area contributed by atoms with Crippen molar-refractivity contribution in [1.29, 1.82) is 5.26 Å². The number of anilines is 1. The van der Waals surface area contributed by atoms with Crippen molar-refractivity contribution in [3.8, 4) is 23.1 Å². The lowest BCUT2D eigenvalue weighted by molar-refractivity contribution is 0.415. The Hall–Kier alpha value is -3.92. The van der Waals surface area contributed by atoms with Gasteiger partial charge in [0.1, 0.15) is 17.4 Å². The molecular weight excluding hydrogens is 342 g/mol. The van der Waals surface area contributed by atoms with Gasteiger partial charge in [-0.05, 0) is 42.3 Å². The number of aromatic amines is 1. The van der Waals surface area contributed by atoms with Crippen LogP contribution in [0.25, 0.3) is 11.3 Å². The molecule has 2 aromatic carbocycles. The summed E-state index contributed by atoms with van der Waals surface area (Å²) in [6.07, 6.45) is 1.59. The predicted molar refractivity (Wildman–Crippen MR) is 104 cm³/mol. The van der Waals surface area contributed by atoms with Gasteiger partial charge in [0.15, 0.2) is 0 Å². The van der Waals surface area contributed by atoms with Crippen LogP contribution in [-0.4, -0.2) is 23.3 Å². The largest absolute Gasteiger partial charge is 0.497 e. The number of hydrogen-bond acceptors (Lipinski definition) is 6. The predicted octanol–water partition coefficient (Wildman–Crippen LogP) is 3.07. The molecule has 1 heterocycles. The molecule has 0 bridgehead atoms. The van der Waals surface area contributed by atoms with Gasteiger partial charge < -0.3 is 4.74 Å². The summed E-state index contributed by atoms with van der Waals surface area (Å²) in [5, 5.41) is 13.4. The summed E-state index contributed by atoms with van der Waals surface area (Å²) in [5.41, 5.74) is 4.96. The summed E-state index contributed by atoms with van der Waals surface area (Å²) in [6, 6.07) is 16.7. The van der Waals surface area contributed by atoms with Crippen LogP contribution in [0.15, 0.2) is 58.4 Å². The molecule has 3 aromatic rings. The van der Waals surface area contributed by atoms with Crippen LogP contribution in [0.5, 0.6) is 5.75 Å². The number of benzene rings is 2. The van der Waals surface area contributed by atoms with E-state index in [9.17, 15) is 10.1 Å². The Bertz CT molecular complexity index is 1080. The number of H-pyrrole nitrogens is 1. The van der Waals surface area contributed by atoms with Crippen LogP contribution >= 0.6 is 0 Å². The second-order valence-corrected chi connectivity index (χ2v) is 5.71. The minimum Gasteiger partial charge on any atom is -0.497 e. The van der Waals surface area contributed by atoms with Crippen LogP contribution in [0.4, 0.5) is 5.95 Å². The molecule has 1 aromatic heterocycles. The Morgan fingerprint density at radius 2 is 1.96 bits per heavy atom. The van der Waals surface area contributed by atoms with Gasteiger partial charge in [0.2, 0.25) is 5.95 Å². The molecule has 0 aliphatic heterocycles. The van der Waals surface area contributed by atoms with Crippen LogP contribution < -0.4 is 15.7 Å². The van der Waals surface area contributed by atoms with Crippen LogP contribution in [0, 0.1) is 18.3 Å². The quantitative estimate of drug-likeness (QED) is 0.538.